The van der Waals surface area contributed by atoms with Crippen molar-refractivity contribution in [1.29, 1.82) is 0 Å². The minimum absolute atomic E-state index is 0.142. The third-order valence-electron chi connectivity index (χ3n) is 5.38. The van der Waals surface area contributed by atoms with E-state index in [9.17, 15) is 4.79 Å². The van der Waals surface area contributed by atoms with Crippen molar-refractivity contribution in [1.82, 2.24) is 20.4 Å². The number of piperidine rings is 1. The number of amides is 1. The number of hydrogen-bond acceptors (Lipinski definition) is 4. The van der Waals surface area contributed by atoms with Gasteiger partial charge in [0.15, 0.2) is 11.5 Å². The fourth-order valence-electron chi connectivity index (χ4n) is 3.62. The van der Waals surface area contributed by atoms with E-state index in [-0.39, 0.29) is 5.91 Å². The summed E-state index contributed by atoms with van der Waals surface area (Å²) >= 11 is 0. The number of hydrogen-bond donors (Lipinski definition) is 2. The average molecular weight is 378 g/mol. The molecular formula is C22H26N4O2. The van der Waals surface area contributed by atoms with Gasteiger partial charge in [0.2, 0.25) is 0 Å². The molecule has 1 saturated heterocycles. The molecule has 4 rings (SSSR count). The Bertz CT molecular complexity index is 891. The summed E-state index contributed by atoms with van der Waals surface area (Å²) in [6.07, 6.45) is 3.80. The maximum Gasteiger partial charge on any atom is 0.271 e. The summed E-state index contributed by atoms with van der Waals surface area (Å²) in [6, 6.07) is 14.1. The van der Waals surface area contributed by atoms with Crippen LogP contribution < -0.4 is 5.32 Å². The predicted molar refractivity (Wildman–Crippen MR) is 108 cm³/mol. The number of carbonyl (C=O) groups excluding carboxylic acids is 1. The largest absolute Gasteiger partial charge is 0.463 e. The molecule has 0 saturated carbocycles. The predicted octanol–water partition coefficient (Wildman–Crippen LogP) is 3.62. The van der Waals surface area contributed by atoms with Crippen LogP contribution in [0.4, 0.5) is 0 Å². The van der Waals surface area contributed by atoms with E-state index in [1.807, 2.05) is 6.07 Å². The lowest BCUT2D eigenvalue weighted by Crippen LogP contribution is -2.38. The summed E-state index contributed by atoms with van der Waals surface area (Å²) in [5, 5.41) is 9.97. The number of H-pyrrole nitrogens is 1. The summed E-state index contributed by atoms with van der Waals surface area (Å²) in [5.74, 6) is 1.05. The Balaban J connectivity index is 1.22. The number of furan rings is 1. The highest BCUT2D eigenvalue weighted by molar-refractivity contribution is 5.93. The molecule has 3 aromatic rings. The second-order valence-electron chi connectivity index (χ2n) is 7.56. The van der Waals surface area contributed by atoms with Crippen molar-refractivity contribution in [3.63, 3.8) is 0 Å². The van der Waals surface area contributed by atoms with Gasteiger partial charge < -0.3 is 9.73 Å². The molecule has 28 heavy (non-hydrogen) atoms. The van der Waals surface area contributed by atoms with Gasteiger partial charge in [-0.15, -0.1) is 0 Å². The van der Waals surface area contributed by atoms with Crippen LogP contribution in [0.1, 0.15) is 34.5 Å². The zero-order valence-electron chi connectivity index (χ0n) is 16.1. The highest BCUT2D eigenvalue weighted by atomic mass is 16.3. The highest BCUT2D eigenvalue weighted by Crippen LogP contribution is 2.20. The monoisotopic (exact) mass is 378 g/mol. The minimum Gasteiger partial charge on any atom is -0.463 e. The van der Waals surface area contributed by atoms with Crippen LogP contribution in [0.2, 0.25) is 0 Å². The number of aromatic amines is 1. The molecule has 1 aromatic carbocycles. The van der Waals surface area contributed by atoms with Gasteiger partial charge in [0, 0.05) is 19.2 Å². The molecule has 1 aliphatic rings. The van der Waals surface area contributed by atoms with E-state index in [2.05, 4.69) is 51.6 Å². The van der Waals surface area contributed by atoms with Crippen LogP contribution in [-0.4, -0.2) is 40.6 Å². The lowest BCUT2D eigenvalue weighted by molar-refractivity contribution is 0.0930. The molecule has 0 spiro atoms. The van der Waals surface area contributed by atoms with Crippen molar-refractivity contribution < 1.29 is 9.21 Å². The second-order valence-corrected chi connectivity index (χ2v) is 7.56. The first-order valence-electron chi connectivity index (χ1n) is 9.83. The Labute approximate surface area is 164 Å². The summed E-state index contributed by atoms with van der Waals surface area (Å²) in [5.41, 5.74) is 3.76. The van der Waals surface area contributed by atoms with E-state index in [0.717, 1.165) is 32.5 Å². The molecular weight excluding hydrogens is 352 g/mol. The molecule has 1 amide bonds. The van der Waals surface area contributed by atoms with Crippen LogP contribution in [0.15, 0.2) is 53.1 Å². The van der Waals surface area contributed by atoms with Crippen molar-refractivity contribution in [2.75, 3.05) is 19.6 Å². The number of carbonyl (C=O) groups is 1. The summed E-state index contributed by atoms with van der Waals surface area (Å²) in [6.45, 7) is 5.95. The topological polar surface area (TPSA) is 74.2 Å². The number of benzene rings is 1. The Kier molecular flexibility index (Phi) is 5.58. The first-order chi connectivity index (χ1) is 13.7. The maximum absolute atomic E-state index is 12.4. The number of nitrogens with zero attached hydrogens (tertiary/aromatic N) is 2. The molecule has 146 valence electrons. The molecule has 0 bridgehead atoms. The maximum atomic E-state index is 12.4. The zero-order valence-corrected chi connectivity index (χ0v) is 16.1. The molecule has 0 aliphatic carbocycles. The van der Waals surface area contributed by atoms with Gasteiger partial charge in [-0.2, -0.15) is 5.10 Å². The van der Waals surface area contributed by atoms with Crippen LogP contribution in [0.25, 0.3) is 11.5 Å². The Hall–Kier alpha value is -2.86. The molecule has 6 nitrogen and oxygen atoms in total. The molecule has 1 fully saturated rings. The lowest BCUT2D eigenvalue weighted by atomic mass is 9.96. The second kappa shape index (κ2) is 8.44. The minimum atomic E-state index is -0.142. The molecule has 0 radical (unpaired) electrons. The van der Waals surface area contributed by atoms with Gasteiger partial charge in [0.25, 0.3) is 5.91 Å². The van der Waals surface area contributed by atoms with Crippen LogP contribution in [0.5, 0.6) is 0 Å². The standard InChI is InChI=1S/C22H26N4O2/c1-16-4-6-18(7-5-16)15-26-10-8-17(9-11-26)14-23-22(27)20-13-19(24-25-20)21-3-2-12-28-21/h2-7,12-13,17H,8-11,14-15H2,1H3,(H,23,27)(H,24,25). The van der Waals surface area contributed by atoms with E-state index < -0.39 is 0 Å². The van der Waals surface area contributed by atoms with Crippen molar-refractivity contribution in [2.24, 2.45) is 5.92 Å². The number of aromatic nitrogens is 2. The van der Waals surface area contributed by atoms with Crippen LogP contribution in [0.3, 0.4) is 0 Å². The first-order valence-corrected chi connectivity index (χ1v) is 9.83. The lowest BCUT2D eigenvalue weighted by Gasteiger charge is -2.32. The molecule has 6 heteroatoms. The van der Waals surface area contributed by atoms with Crippen molar-refractivity contribution in [2.45, 2.75) is 26.3 Å². The van der Waals surface area contributed by atoms with Gasteiger partial charge in [-0.1, -0.05) is 29.8 Å². The van der Waals surface area contributed by atoms with Crippen LogP contribution >= 0.6 is 0 Å². The van der Waals surface area contributed by atoms with Gasteiger partial charge >= 0.3 is 0 Å². The molecule has 0 unspecified atom stereocenters. The Morgan fingerprint density at radius 2 is 2.04 bits per heavy atom. The van der Waals surface area contributed by atoms with Gasteiger partial charge in [0.1, 0.15) is 5.69 Å². The number of nitrogens with one attached hydrogen (secondary N) is 2. The van der Waals surface area contributed by atoms with Crippen molar-refractivity contribution in [3.05, 3.63) is 65.5 Å². The number of aryl methyl sites for hydroxylation is 1. The zero-order chi connectivity index (χ0) is 19.3. The Morgan fingerprint density at radius 1 is 1.25 bits per heavy atom. The quantitative estimate of drug-likeness (QED) is 0.687. The smallest absolute Gasteiger partial charge is 0.271 e. The van der Waals surface area contributed by atoms with E-state index in [1.165, 1.54) is 11.1 Å². The Morgan fingerprint density at radius 3 is 2.75 bits per heavy atom. The third-order valence-corrected chi connectivity index (χ3v) is 5.38. The fourth-order valence-corrected chi connectivity index (χ4v) is 3.62. The molecule has 1 aliphatic heterocycles. The molecule has 2 aromatic heterocycles. The molecule has 2 N–H and O–H groups in total. The van der Waals surface area contributed by atoms with Gasteiger partial charge in [-0.05, 0) is 56.5 Å². The summed E-state index contributed by atoms with van der Waals surface area (Å²) in [4.78, 5) is 14.9. The van der Waals surface area contributed by atoms with Crippen molar-refractivity contribution >= 4 is 5.91 Å². The molecule has 3 heterocycles. The van der Waals surface area contributed by atoms with Crippen LogP contribution in [-0.2, 0) is 6.54 Å². The van der Waals surface area contributed by atoms with Crippen molar-refractivity contribution in [3.8, 4) is 11.5 Å². The van der Waals surface area contributed by atoms with Crippen LogP contribution in [0, 0.1) is 12.8 Å². The van der Waals surface area contributed by atoms with E-state index in [1.54, 1.807) is 18.4 Å². The fraction of sp³-hybridized carbons (Fsp3) is 0.364. The number of rotatable bonds is 6. The van der Waals surface area contributed by atoms with E-state index in [0.29, 0.717) is 29.6 Å². The number of likely N-dealkylation sites (tertiary alicyclic amines) is 1. The summed E-state index contributed by atoms with van der Waals surface area (Å²) in [7, 11) is 0. The highest BCUT2D eigenvalue weighted by Gasteiger charge is 2.21. The van der Waals surface area contributed by atoms with E-state index in [4.69, 9.17) is 4.42 Å². The van der Waals surface area contributed by atoms with E-state index >= 15 is 0 Å². The van der Waals surface area contributed by atoms with Gasteiger partial charge in [-0.25, -0.2) is 0 Å². The SMILES string of the molecule is Cc1ccc(CN2CCC(CNC(=O)c3cc(-c4ccco4)[nH]n3)CC2)cc1. The third kappa shape index (κ3) is 4.51. The normalized spacial score (nSPS) is 15.6. The van der Waals surface area contributed by atoms with Gasteiger partial charge in [-0.3, -0.25) is 14.8 Å². The molecule has 0 atom stereocenters. The summed E-state index contributed by atoms with van der Waals surface area (Å²) < 4.78 is 5.32. The first kappa shape index (κ1) is 18.5. The average Bonchev–Trinajstić information content (AvgIpc) is 3.41. The van der Waals surface area contributed by atoms with Gasteiger partial charge in [0.05, 0.1) is 6.26 Å².